The lowest BCUT2D eigenvalue weighted by molar-refractivity contribution is -0.126. The summed E-state index contributed by atoms with van der Waals surface area (Å²) in [5.74, 6) is 0.358. The average Bonchev–Trinajstić information content (AvgIpc) is 3.13. The molecule has 21 heavy (non-hydrogen) atoms. The van der Waals surface area contributed by atoms with Gasteiger partial charge in [0.15, 0.2) is 0 Å². The Kier molecular flexibility index (Phi) is 3.17. The van der Waals surface area contributed by atoms with E-state index in [9.17, 15) is 4.79 Å². The summed E-state index contributed by atoms with van der Waals surface area (Å²) in [7, 11) is 0. The van der Waals surface area contributed by atoms with Gasteiger partial charge in [-0.3, -0.25) is 4.79 Å². The number of pyridine rings is 1. The molecule has 4 heteroatoms. The normalized spacial score (nSPS) is 22.4. The lowest BCUT2D eigenvalue weighted by Gasteiger charge is -2.23. The minimum Gasteiger partial charge on any atom is -0.353 e. The van der Waals surface area contributed by atoms with E-state index in [1.807, 2.05) is 18.2 Å². The molecule has 0 saturated heterocycles. The van der Waals surface area contributed by atoms with E-state index in [0.717, 1.165) is 37.8 Å². The highest BCUT2D eigenvalue weighted by molar-refractivity contribution is 5.79. The van der Waals surface area contributed by atoms with Crippen molar-refractivity contribution in [1.29, 1.82) is 0 Å². The smallest absolute Gasteiger partial charge is 0.223 e. The Balaban J connectivity index is 1.54. The van der Waals surface area contributed by atoms with Gasteiger partial charge in [-0.15, -0.1) is 0 Å². The number of nitrogens with zero attached hydrogens (tertiary/aromatic N) is 2. The molecule has 2 aromatic rings. The maximum Gasteiger partial charge on any atom is 0.223 e. The van der Waals surface area contributed by atoms with Crippen molar-refractivity contribution in [3.05, 3.63) is 35.8 Å². The molecule has 1 atom stereocenters. The van der Waals surface area contributed by atoms with Crippen LogP contribution in [0, 0.1) is 5.92 Å². The molecule has 0 spiro atoms. The number of aromatic nitrogens is 2. The lowest BCUT2D eigenvalue weighted by atomic mass is 9.89. The maximum atomic E-state index is 12.5. The number of imidazole rings is 1. The fourth-order valence-corrected chi connectivity index (χ4v) is 3.77. The summed E-state index contributed by atoms with van der Waals surface area (Å²) in [5, 5.41) is 3.25. The number of rotatable bonds is 2. The van der Waals surface area contributed by atoms with Gasteiger partial charge in [-0.1, -0.05) is 18.9 Å². The maximum absolute atomic E-state index is 12.5. The second-order valence-corrected chi connectivity index (χ2v) is 6.36. The summed E-state index contributed by atoms with van der Waals surface area (Å²) in [6.07, 6.45) is 9.53. The molecule has 1 N–H and O–H groups in total. The van der Waals surface area contributed by atoms with Crippen LogP contribution in [0.2, 0.25) is 0 Å². The summed E-state index contributed by atoms with van der Waals surface area (Å²) >= 11 is 0. The lowest BCUT2D eigenvalue weighted by Crippen LogP contribution is -2.39. The fourth-order valence-electron chi connectivity index (χ4n) is 3.77. The first-order chi connectivity index (χ1) is 10.3. The highest BCUT2D eigenvalue weighted by atomic mass is 16.1. The van der Waals surface area contributed by atoms with Crippen LogP contribution < -0.4 is 5.32 Å². The Morgan fingerprint density at radius 2 is 2.10 bits per heavy atom. The number of carbonyl (C=O) groups is 1. The first-order valence-corrected chi connectivity index (χ1v) is 8.06. The van der Waals surface area contributed by atoms with Gasteiger partial charge in [0.1, 0.15) is 5.65 Å². The van der Waals surface area contributed by atoms with Gasteiger partial charge in [0.25, 0.3) is 0 Å². The second-order valence-electron chi connectivity index (χ2n) is 6.36. The molecule has 0 aromatic carbocycles. The Hall–Kier alpha value is -1.84. The molecular weight excluding hydrogens is 262 g/mol. The van der Waals surface area contributed by atoms with Crippen LogP contribution in [0.3, 0.4) is 0 Å². The van der Waals surface area contributed by atoms with Crippen LogP contribution in [-0.2, 0) is 17.6 Å². The highest BCUT2D eigenvalue weighted by Crippen LogP contribution is 2.27. The number of fused-ring (bicyclic) bond motifs is 3. The topological polar surface area (TPSA) is 46.4 Å². The monoisotopic (exact) mass is 283 g/mol. The third-order valence-electron chi connectivity index (χ3n) is 4.95. The molecule has 110 valence electrons. The first-order valence-electron chi connectivity index (χ1n) is 8.06. The van der Waals surface area contributed by atoms with Crippen molar-refractivity contribution in [2.24, 2.45) is 5.92 Å². The van der Waals surface area contributed by atoms with Crippen molar-refractivity contribution < 1.29 is 4.79 Å². The molecule has 1 saturated carbocycles. The van der Waals surface area contributed by atoms with Gasteiger partial charge in [0.05, 0.1) is 5.69 Å². The summed E-state index contributed by atoms with van der Waals surface area (Å²) < 4.78 is 2.14. The average molecular weight is 283 g/mol. The first kappa shape index (κ1) is 12.9. The number of hydrogen-bond donors (Lipinski definition) is 1. The predicted octanol–water partition coefficient (Wildman–Crippen LogP) is 2.50. The molecule has 2 aliphatic carbocycles. The molecule has 4 rings (SSSR count). The van der Waals surface area contributed by atoms with Crippen molar-refractivity contribution in [3.63, 3.8) is 0 Å². The molecule has 0 radical (unpaired) electrons. The van der Waals surface area contributed by atoms with Crippen LogP contribution >= 0.6 is 0 Å². The molecular formula is C17H21N3O. The number of amides is 1. The van der Waals surface area contributed by atoms with E-state index in [1.165, 1.54) is 24.2 Å². The van der Waals surface area contributed by atoms with Gasteiger partial charge in [0, 0.05) is 30.3 Å². The van der Waals surface area contributed by atoms with Crippen LogP contribution in [0.15, 0.2) is 24.4 Å². The Bertz CT molecular complexity index is 670. The zero-order valence-electron chi connectivity index (χ0n) is 12.2. The van der Waals surface area contributed by atoms with Crippen LogP contribution in [0.1, 0.15) is 43.5 Å². The molecule has 1 amide bonds. The molecule has 2 aromatic heterocycles. The van der Waals surface area contributed by atoms with Crippen molar-refractivity contribution in [1.82, 2.24) is 14.7 Å². The van der Waals surface area contributed by atoms with Gasteiger partial charge >= 0.3 is 0 Å². The minimum atomic E-state index is 0.109. The summed E-state index contributed by atoms with van der Waals surface area (Å²) in [6, 6.07) is 6.49. The molecule has 2 aliphatic rings. The summed E-state index contributed by atoms with van der Waals surface area (Å²) in [5.41, 5.74) is 3.40. The molecule has 2 heterocycles. The van der Waals surface area contributed by atoms with Gasteiger partial charge < -0.3 is 9.72 Å². The molecule has 0 bridgehead atoms. The van der Waals surface area contributed by atoms with Gasteiger partial charge in [-0.05, 0) is 37.8 Å². The second kappa shape index (κ2) is 5.17. The van der Waals surface area contributed by atoms with Crippen molar-refractivity contribution in [2.75, 3.05) is 0 Å². The van der Waals surface area contributed by atoms with Gasteiger partial charge in [-0.25, -0.2) is 4.98 Å². The van der Waals surface area contributed by atoms with E-state index in [-0.39, 0.29) is 11.8 Å². The van der Waals surface area contributed by atoms with Crippen molar-refractivity contribution >= 4 is 11.6 Å². The third kappa shape index (κ3) is 2.33. The van der Waals surface area contributed by atoms with Crippen molar-refractivity contribution in [3.8, 4) is 0 Å². The van der Waals surface area contributed by atoms with Gasteiger partial charge in [-0.2, -0.15) is 0 Å². The highest BCUT2D eigenvalue weighted by Gasteiger charge is 2.29. The molecule has 1 fully saturated rings. The number of hydrogen-bond acceptors (Lipinski definition) is 2. The van der Waals surface area contributed by atoms with E-state index < -0.39 is 0 Å². The largest absolute Gasteiger partial charge is 0.353 e. The van der Waals surface area contributed by atoms with E-state index in [2.05, 4.69) is 20.9 Å². The predicted molar refractivity (Wildman–Crippen MR) is 81.1 cm³/mol. The van der Waals surface area contributed by atoms with Crippen LogP contribution in [0.4, 0.5) is 0 Å². The third-order valence-corrected chi connectivity index (χ3v) is 4.95. The Morgan fingerprint density at radius 3 is 2.95 bits per heavy atom. The van der Waals surface area contributed by atoms with Crippen LogP contribution in [0.5, 0.6) is 0 Å². The zero-order valence-corrected chi connectivity index (χ0v) is 12.2. The van der Waals surface area contributed by atoms with Crippen molar-refractivity contribution in [2.45, 2.75) is 51.0 Å². The number of nitrogens with one attached hydrogen (secondary N) is 1. The van der Waals surface area contributed by atoms with E-state index >= 15 is 0 Å². The quantitative estimate of drug-likeness (QED) is 0.920. The number of carbonyl (C=O) groups excluding carboxylic acids is 1. The molecule has 1 unspecified atom stereocenters. The molecule has 4 nitrogen and oxygen atoms in total. The van der Waals surface area contributed by atoms with Crippen LogP contribution in [-0.4, -0.2) is 21.3 Å². The van der Waals surface area contributed by atoms with E-state index in [0.29, 0.717) is 6.04 Å². The molecule has 0 aliphatic heterocycles. The SMILES string of the molecule is O=C(NC1CCCC1)C1CCc2nc3ccccn3c2C1. The Morgan fingerprint density at radius 1 is 1.24 bits per heavy atom. The fraction of sp³-hybridized carbons (Fsp3) is 0.529. The van der Waals surface area contributed by atoms with Crippen LogP contribution in [0.25, 0.3) is 5.65 Å². The Labute approximate surface area is 124 Å². The summed E-state index contributed by atoms with van der Waals surface area (Å²) in [6.45, 7) is 0. The van der Waals surface area contributed by atoms with E-state index in [1.54, 1.807) is 0 Å². The van der Waals surface area contributed by atoms with E-state index in [4.69, 9.17) is 0 Å². The number of aryl methyl sites for hydroxylation is 1. The van der Waals surface area contributed by atoms with Gasteiger partial charge in [0.2, 0.25) is 5.91 Å². The standard InChI is InChI=1S/C17H21N3O/c21-17(18-13-5-1-2-6-13)12-8-9-14-15(11-12)20-10-4-3-7-16(20)19-14/h3-4,7,10,12-13H,1-2,5-6,8-9,11H2,(H,18,21). The minimum absolute atomic E-state index is 0.109. The summed E-state index contributed by atoms with van der Waals surface area (Å²) in [4.78, 5) is 17.2. The zero-order chi connectivity index (χ0) is 14.2.